The van der Waals surface area contributed by atoms with Gasteiger partial charge in [0.2, 0.25) is 0 Å². The lowest BCUT2D eigenvalue weighted by molar-refractivity contribution is 0.895. The van der Waals surface area contributed by atoms with Crippen molar-refractivity contribution in [2.45, 2.75) is 13.3 Å². The van der Waals surface area contributed by atoms with Crippen molar-refractivity contribution in [2.24, 2.45) is 5.73 Å². The minimum Gasteiger partial charge on any atom is -0.342 e. The van der Waals surface area contributed by atoms with Crippen LogP contribution in [0.4, 0.5) is 0 Å². The van der Waals surface area contributed by atoms with Gasteiger partial charge >= 0.3 is 0 Å². The number of benzene rings is 1. The van der Waals surface area contributed by atoms with Gasteiger partial charge in [0.15, 0.2) is 0 Å². The molecule has 2 heterocycles. The largest absolute Gasteiger partial charge is 0.342 e. The number of aryl methyl sites for hydroxylation is 1. The van der Waals surface area contributed by atoms with E-state index in [0.717, 1.165) is 40.4 Å². The molecule has 0 unspecified atom stereocenters. The SMILES string of the molecule is Cc1nc2ccc(-c3cnc(CCN)[nH]3)cc2[nH]1. The molecule has 0 saturated heterocycles. The van der Waals surface area contributed by atoms with E-state index in [2.05, 4.69) is 26.0 Å². The molecular formula is C13H15N5. The van der Waals surface area contributed by atoms with Crippen LogP contribution < -0.4 is 5.73 Å². The van der Waals surface area contributed by atoms with E-state index in [1.165, 1.54) is 0 Å². The molecule has 5 nitrogen and oxygen atoms in total. The third-order valence-corrected chi connectivity index (χ3v) is 2.92. The topological polar surface area (TPSA) is 83.4 Å². The number of hydrogen-bond acceptors (Lipinski definition) is 3. The van der Waals surface area contributed by atoms with Gasteiger partial charge < -0.3 is 15.7 Å². The Bertz CT molecular complexity index is 680. The van der Waals surface area contributed by atoms with E-state index in [-0.39, 0.29) is 0 Å². The molecule has 2 aromatic heterocycles. The molecule has 18 heavy (non-hydrogen) atoms. The highest BCUT2D eigenvalue weighted by Gasteiger charge is 2.05. The third kappa shape index (κ3) is 1.89. The van der Waals surface area contributed by atoms with Crippen LogP contribution in [-0.4, -0.2) is 26.5 Å². The van der Waals surface area contributed by atoms with Gasteiger partial charge in [-0.25, -0.2) is 9.97 Å². The molecule has 4 N–H and O–H groups in total. The van der Waals surface area contributed by atoms with Crippen LogP contribution in [0.1, 0.15) is 11.6 Å². The summed E-state index contributed by atoms with van der Waals surface area (Å²) in [7, 11) is 0. The van der Waals surface area contributed by atoms with Crippen LogP contribution >= 0.6 is 0 Å². The Morgan fingerprint density at radius 3 is 3.00 bits per heavy atom. The van der Waals surface area contributed by atoms with E-state index in [9.17, 15) is 0 Å². The molecule has 0 bridgehead atoms. The fourth-order valence-electron chi connectivity index (χ4n) is 2.08. The number of rotatable bonds is 3. The van der Waals surface area contributed by atoms with E-state index < -0.39 is 0 Å². The first kappa shape index (κ1) is 11.0. The molecule has 0 aliphatic rings. The highest BCUT2D eigenvalue weighted by atomic mass is 14.9. The zero-order chi connectivity index (χ0) is 12.5. The zero-order valence-corrected chi connectivity index (χ0v) is 10.2. The second kappa shape index (κ2) is 4.27. The minimum atomic E-state index is 0.603. The van der Waals surface area contributed by atoms with Gasteiger partial charge in [0.25, 0.3) is 0 Å². The van der Waals surface area contributed by atoms with E-state index in [1.807, 2.05) is 25.3 Å². The molecule has 0 aliphatic heterocycles. The zero-order valence-electron chi connectivity index (χ0n) is 10.2. The van der Waals surface area contributed by atoms with Gasteiger partial charge in [-0.15, -0.1) is 0 Å². The molecule has 0 amide bonds. The summed E-state index contributed by atoms with van der Waals surface area (Å²) in [5, 5.41) is 0. The fourth-order valence-corrected chi connectivity index (χ4v) is 2.08. The maximum atomic E-state index is 5.51. The maximum absolute atomic E-state index is 5.51. The van der Waals surface area contributed by atoms with Crippen LogP contribution in [0.3, 0.4) is 0 Å². The molecule has 0 atom stereocenters. The molecule has 92 valence electrons. The number of H-pyrrole nitrogens is 2. The summed E-state index contributed by atoms with van der Waals surface area (Å²) in [6.45, 7) is 2.56. The predicted octanol–water partition coefficient (Wildman–Crippen LogP) is 1.76. The Kier molecular flexibility index (Phi) is 2.60. The van der Waals surface area contributed by atoms with Crippen LogP contribution in [-0.2, 0) is 6.42 Å². The molecular weight excluding hydrogens is 226 g/mol. The Morgan fingerprint density at radius 2 is 2.17 bits per heavy atom. The third-order valence-electron chi connectivity index (χ3n) is 2.92. The fraction of sp³-hybridized carbons (Fsp3) is 0.231. The number of fused-ring (bicyclic) bond motifs is 1. The van der Waals surface area contributed by atoms with Crippen LogP contribution in [0.5, 0.6) is 0 Å². The Balaban J connectivity index is 2.01. The summed E-state index contributed by atoms with van der Waals surface area (Å²) in [4.78, 5) is 15.2. The van der Waals surface area contributed by atoms with E-state index in [1.54, 1.807) is 0 Å². The van der Waals surface area contributed by atoms with Crippen molar-refractivity contribution in [3.05, 3.63) is 36.0 Å². The first-order valence-electron chi connectivity index (χ1n) is 5.97. The second-order valence-corrected chi connectivity index (χ2v) is 4.34. The summed E-state index contributed by atoms with van der Waals surface area (Å²) < 4.78 is 0. The highest BCUT2D eigenvalue weighted by Crippen LogP contribution is 2.21. The van der Waals surface area contributed by atoms with E-state index >= 15 is 0 Å². The molecule has 0 fully saturated rings. The van der Waals surface area contributed by atoms with Crippen molar-refractivity contribution >= 4 is 11.0 Å². The van der Waals surface area contributed by atoms with E-state index in [0.29, 0.717) is 6.54 Å². The lowest BCUT2D eigenvalue weighted by Crippen LogP contribution is -2.03. The van der Waals surface area contributed by atoms with Crippen molar-refractivity contribution < 1.29 is 0 Å². The molecule has 1 aromatic carbocycles. The van der Waals surface area contributed by atoms with Crippen LogP contribution in [0, 0.1) is 6.92 Å². The van der Waals surface area contributed by atoms with Crippen molar-refractivity contribution in [2.75, 3.05) is 6.54 Å². The van der Waals surface area contributed by atoms with Gasteiger partial charge in [0.05, 0.1) is 22.9 Å². The van der Waals surface area contributed by atoms with Gasteiger partial charge in [-0.05, 0) is 25.6 Å². The van der Waals surface area contributed by atoms with Crippen molar-refractivity contribution in [3.8, 4) is 11.3 Å². The molecule has 3 aromatic rings. The molecule has 0 saturated carbocycles. The maximum Gasteiger partial charge on any atom is 0.107 e. The summed E-state index contributed by atoms with van der Waals surface area (Å²) in [6, 6.07) is 6.13. The summed E-state index contributed by atoms with van der Waals surface area (Å²) in [5.74, 6) is 1.85. The number of nitrogens with one attached hydrogen (secondary N) is 2. The predicted molar refractivity (Wildman–Crippen MR) is 71.2 cm³/mol. The number of aromatic nitrogens is 4. The van der Waals surface area contributed by atoms with Crippen LogP contribution in [0.25, 0.3) is 22.3 Å². The Morgan fingerprint density at radius 1 is 1.28 bits per heavy atom. The van der Waals surface area contributed by atoms with Gasteiger partial charge in [0, 0.05) is 12.0 Å². The van der Waals surface area contributed by atoms with Gasteiger partial charge in [-0.2, -0.15) is 0 Å². The molecule has 5 heteroatoms. The smallest absolute Gasteiger partial charge is 0.107 e. The first-order valence-corrected chi connectivity index (χ1v) is 5.97. The monoisotopic (exact) mass is 241 g/mol. The Hall–Kier alpha value is -2.14. The summed E-state index contributed by atoms with van der Waals surface area (Å²) in [6.07, 6.45) is 2.61. The summed E-state index contributed by atoms with van der Waals surface area (Å²) in [5.41, 5.74) is 9.64. The van der Waals surface area contributed by atoms with Gasteiger partial charge in [-0.1, -0.05) is 6.07 Å². The number of hydrogen-bond donors (Lipinski definition) is 3. The normalized spacial score (nSPS) is 11.2. The Labute approximate surface area is 104 Å². The van der Waals surface area contributed by atoms with Crippen LogP contribution in [0.15, 0.2) is 24.4 Å². The number of nitrogens with two attached hydrogens (primary N) is 1. The quantitative estimate of drug-likeness (QED) is 0.653. The van der Waals surface area contributed by atoms with Gasteiger partial charge in [0.1, 0.15) is 11.6 Å². The van der Waals surface area contributed by atoms with Crippen LogP contribution in [0.2, 0.25) is 0 Å². The number of imidazole rings is 2. The molecule has 0 spiro atoms. The highest BCUT2D eigenvalue weighted by molar-refractivity contribution is 5.81. The average molecular weight is 241 g/mol. The van der Waals surface area contributed by atoms with Crippen molar-refractivity contribution in [3.63, 3.8) is 0 Å². The lowest BCUT2D eigenvalue weighted by Gasteiger charge is -1.97. The van der Waals surface area contributed by atoms with Crippen molar-refractivity contribution in [1.82, 2.24) is 19.9 Å². The summed E-state index contributed by atoms with van der Waals surface area (Å²) >= 11 is 0. The lowest BCUT2D eigenvalue weighted by atomic mass is 10.1. The minimum absolute atomic E-state index is 0.603. The number of aromatic amines is 2. The molecule has 0 radical (unpaired) electrons. The second-order valence-electron chi connectivity index (χ2n) is 4.34. The number of nitrogens with zero attached hydrogens (tertiary/aromatic N) is 2. The average Bonchev–Trinajstić information content (AvgIpc) is 2.93. The molecule has 0 aliphatic carbocycles. The van der Waals surface area contributed by atoms with Crippen molar-refractivity contribution in [1.29, 1.82) is 0 Å². The standard InChI is InChI=1S/C13H15N5/c1-8-16-10-3-2-9(6-11(10)17-8)12-7-15-13(18-12)4-5-14/h2-3,6-7H,4-5,14H2,1H3,(H,15,18)(H,16,17). The van der Waals surface area contributed by atoms with E-state index in [4.69, 9.17) is 5.73 Å². The molecule has 3 rings (SSSR count). The first-order chi connectivity index (χ1) is 8.76. The van der Waals surface area contributed by atoms with Gasteiger partial charge in [-0.3, -0.25) is 0 Å².